The Balaban J connectivity index is 1.56. The number of fused-ring (bicyclic) bond motifs is 7. The number of carbonyl (C=O) groups excluding carboxylic acids is 1. The van der Waals surface area contributed by atoms with Gasteiger partial charge in [0, 0.05) is 6.42 Å². The minimum Gasteiger partial charge on any atom is -0.295 e. The SMILES string of the molecule is CC(C)=CC1(C)C2C(C)C2C2C3C(C)CC4=CC(=O)CCC4C3CCC21C. The van der Waals surface area contributed by atoms with Crippen LogP contribution in [0.5, 0.6) is 0 Å². The molecule has 0 N–H and O–H groups in total. The van der Waals surface area contributed by atoms with Crippen LogP contribution in [0.25, 0.3) is 0 Å². The van der Waals surface area contributed by atoms with Crippen molar-refractivity contribution >= 4 is 5.78 Å². The molecule has 4 saturated carbocycles. The van der Waals surface area contributed by atoms with Gasteiger partial charge in [0.1, 0.15) is 0 Å². The van der Waals surface area contributed by atoms with Gasteiger partial charge in [0.2, 0.25) is 0 Å². The summed E-state index contributed by atoms with van der Waals surface area (Å²) >= 11 is 0. The maximum absolute atomic E-state index is 12.0. The predicted octanol–water partition coefficient (Wildman–Crippen LogP) is 6.45. The molecule has 0 saturated heterocycles. The molecule has 10 atom stereocenters. The molecule has 0 aromatic rings. The zero-order chi connectivity index (χ0) is 19.3. The molecule has 1 heteroatoms. The average molecular weight is 367 g/mol. The summed E-state index contributed by atoms with van der Waals surface area (Å²) in [6.45, 7) is 14.9. The largest absolute Gasteiger partial charge is 0.295 e. The van der Waals surface area contributed by atoms with Gasteiger partial charge in [-0.15, -0.1) is 0 Å². The van der Waals surface area contributed by atoms with Crippen LogP contribution in [-0.4, -0.2) is 5.78 Å². The highest BCUT2D eigenvalue weighted by atomic mass is 16.1. The van der Waals surface area contributed by atoms with Crippen molar-refractivity contribution in [3.05, 3.63) is 23.3 Å². The van der Waals surface area contributed by atoms with E-state index in [0.29, 0.717) is 16.6 Å². The van der Waals surface area contributed by atoms with E-state index in [1.807, 2.05) is 0 Å². The quantitative estimate of drug-likeness (QED) is 0.487. The van der Waals surface area contributed by atoms with Crippen molar-refractivity contribution in [2.45, 2.75) is 73.6 Å². The fraction of sp³-hybridized carbons (Fsp3) is 0.808. The van der Waals surface area contributed by atoms with Gasteiger partial charge in [-0.3, -0.25) is 4.79 Å². The van der Waals surface area contributed by atoms with Crippen LogP contribution in [0.3, 0.4) is 0 Å². The van der Waals surface area contributed by atoms with E-state index in [1.54, 1.807) is 0 Å². The van der Waals surface area contributed by atoms with Crippen molar-refractivity contribution in [2.75, 3.05) is 0 Å². The standard InChI is InChI=1S/C26H38O/c1-14(2)13-26(6)23-16(4)22(23)24-21-15(3)11-17-12-18(27)7-8-19(17)20(21)9-10-25(24,26)5/h12-13,15-16,19-24H,7-11H2,1-6H3. The maximum atomic E-state index is 12.0. The molecule has 0 amide bonds. The second kappa shape index (κ2) is 5.61. The lowest BCUT2D eigenvalue weighted by Gasteiger charge is -2.59. The summed E-state index contributed by atoms with van der Waals surface area (Å²) in [6.07, 6.45) is 10.6. The number of rotatable bonds is 1. The van der Waals surface area contributed by atoms with Crippen molar-refractivity contribution in [1.29, 1.82) is 0 Å². The first-order chi connectivity index (χ1) is 12.7. The minimum atomic E-state index is 0.379. The Morgan fingerprint density at radius 1 is 1.11 bits per heavy atom. The van der Waals surface area contributed by atoms with Crippen LogP contribution in [0, 0.1) is 58.2 Å². The molecular formula is C26H38O. The monoisotopic (exact) mass is 366 g/mol. The van der Waals surface area contributed by atoms with Gasteiger partial charge in [0.25, 0.3) is 0 Å². The lowest BCUT2D eigenvalue weighted by molar-refractivity contribution is -0.117. The Morgan fingerprint density at radius 3 is 2.56 bits per heavy atom. The highest BCUT2D eigenvalue weighted by molar-refractivity contribution is 5.91. The molecule has 0 bridgehead atoms. The molecule has 10 unspecified atom stereocenters. The van der Waals surface area contributed by atoms with Crippen molar-refractivity contribution in [3.63, 3.8) is 0 Å². The third kappa shape index (κ3) is 2.21. The van der Waals surface area contributed by atoms with E-state index in [0.717, 1.165) is 60.2 Å². The van der Waals surface area contributed by atoms with Crippen LogP contribution >= 0.6 is 0 Å². The van der Waals surface area contributed by atoms with E-state index >= 15 is 0 Å². The Kier molecular flexibility index (Phi) is 3.78. The van der Waals surface area contributed by atoms with E-state index in [-0.39, 0.29) is 0 Å². The molecule has 0 spiro atoms. The van der Waals surface area contributed by atoms with E-state index in [9.17, 15) is 4.79 Å². The summed E-state index contributed by atoms with van der Waals surface area (Å²) in [5.41, 5.74) is 3.87. The van der Waals surface area contributed by atoms with Crippen LogP contribution in [0.4, 0.5) is 0 Å². The summed E-state index contributed by atoms with van der Waals surface area (Å²) < 4.78 is 0. The topological polar surface area (TPSA) is 17.1 Å². The van der Waals surface area contributed by atoms with Crippen molar-refractivity contribution in [3.8, 4) is 0 Å². The van der Waals surface area contributed by atoms with E-state index in [4.69, 9.17) is 0 Å². The minimum absolute atomic E-state index is 0.379. The van der Waals surface area contributed by atoms with Crippen molar-refractivity contribution in [2.24, 2.45) is 58.2 Å². The lowest BCUT2D eigenvalue weighted by atomic mass is 9.45. The maximum Gasteiger partial charge on any atom is 0.155 e. The molecule has 0 aromatic carbocycles. The molecule has 5 aliphatic carbocycles. The van der Waals surface area contributed by atoms with Gasteiger partial charge in [-0.2, -0.15) is 0 Å². The number of hydrogen-bond donors (Lipinski definition) is 0. The zero-order valence-corrected chi connectivity index (χ0v) is 18.2. The van der Waals surface area contributed by atoms with E-state index in [2.05, 4.69) is 53.7 Å². The summed E-state index contributed by atoms with van der Waals surface area (Å²) in [7, 11) is 0. The zero-order valence-electron chi connectivity index (χ0n) is 18.2. The molecule has 0 aromatic heterocycles. The van der Waals surface area contributed by atoms with Crippen molar-refractivity contribution in [1.82, 2.24) is 0 Å². The van der Waals surface area contributed by atoms with Gasteiger partial charge in [-0.25, -0.2) is 0 Å². The van der Waals surface area contributed by atoms with Crippen LogP contribution in [0.15, 0.2) is 23.3 Å². The van der Waals surface area contributed by atoms with Gasteiger partial charge >= 0.3 is 0 Å². The van der Waals surface area contributed by atoms with Gasteiger partial charge in [0.05, 0.1) is 0 Å². The molecule has 0 heterocycles. The second-order valence-corrected chi connectivity index (χ2v) is 11.7. The van der Waals surface area contributed by atoms with E-state index < -0.39 is 0 Å². The van der Waals surface area contributed by atoms with Gasteiger partial charge < -0.3 is 0 Å². The second-order valence-electron chi connectivity index (χ2n) is 11.7. The number of hydrogen-bond acceptors (Lipinski definition) is 1. The number of allylic oxidation sites excluding steroid dienone is 3. The third-order valence-electron chi connectivity index (χ3n) is 10.3. The first-order valence-corrected chi connectivity index (χ1v) is 11.6. The first kappa shape index (κ1) is 18.2. The lowest BCUT2D eigenvalue weighted by Crippen LogP contribution is -2.53. The molecule has 0 aliphatic heterocycles. The average Bonchev–Trinajstić information content (AvgIpc) is 3.19. The van der Waals surface area contributed by atoms with Gasteiger partial charge in [-0.05, 0) is 104 Å². The summed E-state index contributed by atoms with van der Waals surface area (Å²) in [5, 5.41) is 0. The Hall–Kier alpha value is -0.850. The summed E-state index contributed by atoms with van der Waals surface area (Å²) in [5.74, 6) is 7.22. The van der Waals surface area contributed by atoms with Crippen LogP contribution < -0.4 is 0 Å². The highest BCUT2D eigenvalue weighted by Gasteiger charge is 2.76. The van der Waals surface area contributed by atoms with Gasteiger partial charge in [0.15, 0.2) is 5.78 Å². The molecule has 0 radical (unpaired) electrons. The fourth-order valence-corrected chi connectivity index (χ4v) is 9.38. The van der Waals surface area contributed by atoms with Crippen molar-refractivity contribution < 1.29 is 4.79 Å². The molecule has 148 valence electrons. The smallest absolute Gasteiger partial charge is 0.155 e. The Labute approximate surface area is 166 Å². The molecule has 5 aliphatic rings. The molecular weight excluding hydrogens is 328 g/mol. The molecule has 1 nitrogen and oxygen atoms in total. The summed E-state index contributed by atoms with van der Waals surface area (Å²) in [4.78, 5) is 12.0. The molecule has 5 rings (SSSR count). The fourth-order valence-electron chi connectivity index (χ4n) is 9.38. The van der Waals surface area contributed by atoms with Crippen LogP contribution in [0.2, 0.25) is 0 Å². The molecule has 4 fully saturated rings. The number of carbonyl (C=O) groups is 1. The molecule has 27 heavy (non-hydrogen) atoms. The first-order valence-electron chi connectivity index (χ1n) is 11.6. The Morgan fingerprint density at radius 2 is 1.85 bits per heavy atom. The Bertz CT molecular complexity index is 739. The third-order valence-corrected chi connectivity index (χ3v) is 10.3. The van der Waals surface area contributed by atoms with E-state index in [1.165, 1.54) is 30.4 Å². The predicted molar refractivity (Wildman–Crippen MR) is 111 cm³/mol. The summed E-state index contributed by atoms with van der Waals surface area (Å²) in [6, 6.07) is 0. The van der Waals surface area contributed by atoms with Gasteiger partial charge in [-0.1, -0.05) is 44.9 Å². The normalized spacial score (nSPS) is 55.6. The van der Waals surface area contributed by atoms with Crippen LogP contribution in [0.1, 0.15) is 73.6 Å². The highest BCUT2D eigenvalue weighted by Crippen LogP contribution is 2.81. The number of ketones is 1. The van der Waals surface area contributed by atoms with Crippen LogP contribution in [-0.2, 0) is 4.79 Å².